The van der Waals surface area contributed by atoms with E-state index in [0.29, 0.717) is 27.8 Å². The monoisotopic (exact) mass is 436 g/mol. The van der Waals surface area contributed by atoms with E-state index in [0.717, 1.165) is 37.8 Å². The number of methoxy groups -OCH3 is 1. The van der Waals surface area contributed by atoms with E-state index in [-0.39, 0.29) is 23.3 Å². The number of carbonyl (C=O) groups is 2. The van der Waals surface area contributed by atoms with Crippen molar-refractivity contribution in [3.05, 3.63) is 28.2 Å². The predicted octanol–water partition coefficient (Wildman–Crippen LogP) is 4.70. The number of ether oxygens (including phenoxy) is 1. The van der Waals surface area contributed by atoms with Crippen LogP contribution in [0.3, 0.4) is 0 Å². The second kappa shape index (κ2) is 6.27. The van der Waals surface area contributed by atoms with E-state index < -0.39 is 5.54 Å². The molecular formula is C22H26Cl2N2O3. The zero-order chi connectivity index (χ0) is 20.7. The van der Waals surface area contributed by atoms with E-state index in [1.807, 2.05) is 36.0 Å². The third kappa shape index (κ3) is 2.53. The van der Waals surface area contributed by atoms with Gasteiger partial charge in [0.15, 0.2) is 0 Å². The first-order valence-corrected chi connectivity index (χ1v) is 11.1. The second-order valence-electron chi connectivity index (χ2n) is 9.83. The summed E-state index contributed by atoms with van der Waals surface area (Å²) in [4.78, 5) is 25.9. The molecule has 1 amide bonds. The maximum absolute atomic E-state index is 13.3. The number of nitrogens with zero attached hydrogens (tertiary/aromatic N) is 2. The Morgan fingerprint density at radius 3 is 2.41 bits per heavy atom. The zero-order valence-electron chi connectivity index (χ0n) is 17.0. The van der Waals surface area contributed by atoms with Crippen LogP contribution in [0.4, 0.5) is 5.69 Å². The maximum atomic E-state index is 13.3. The van der Waals surface area contributed by atoms with Crippen LogP contribution in [0.1, 0.15) is 46.0 Å². The molecule has 5 fully saturated rings. The molecule has 2 atom stereocenters. The van der Waals surface area contributed by atoms with Gasteiger partial charge in [-0.1, -0.05) is 29.3 Å². The van der Waals surface area contributed by atoms with Gasteiger partial charge >= 0.3 is 5.97 Å². The van der Waals surface area contributed by atoms with Gasteiger partial charge in [0.05, 0.1) is 34.3 Å². The van der Waals surface area contributed by atoms with Gasteiger partial charge in [0.25, 0.3) is 5.91 Å². The molecule has 1 saturated heterocycles. The average Bonchev–Trinajstić information content (AvgIpc) is 2.68. The number of hydrogen-bond donors (Lipinski definition) is 0. The van der Waals surface area contributed by atoms with Crippen molar-refractivity contribution in [1.82, 2.24) is 5.01 Å². The highest BCUT2D eigenvalue weighted by atomic mass is 35.5. The van der Waals surface area contributed by atoms with Crippen LogP contribution in [0.15, 0.2) is 18.2 Å². The smallest absolute Gasteiger partial charge is 0.311 e. The van der Waals surface area contributed by atoms with Gasteiger partial charge in [0, 0.05) is 0 Å². The minimum Gasteiger partial charge on any atom is -0.469 e. The molecule has 156 valence electrons. The second-order valence-corrected chi connectivity index (χ2v) is 10.6. The van der Waals surface area contributed by atoms with Crippen molar-refractivity contribution in [1.29, 1.82) is 0 Å². The van der Waals surface area contributed by atoms with Gasteiger partial charge in [0.1, 0.15) is 5.54 Å². The number of anilines is 1. The molecule has 1 aromatic rings. The Morgan fingerprint density at radius 2 is 1.79 bits per heavy atom. The Labute approximate surface area is 181 Å². The van der Waals surface area contributed by atoms with Crippen LogP contribution in [-0.4, -0.2) is 35.6 Å². The SMILES string of the molecule is COC(=O)C12CC3C[C@H](C1)C(N1C(=O)C(C)(C)N1c1cccc(Cl)c1Cl)[C@H](C3)C2. The molecule has 7 heteroatoms. The lowest BCUT2D eigenvalue weighted by molar-refractivity contribution is -0.189. The summed E-state index contributed by atoms with van der Waals surface area (Å²) in [6.07, 6.45) is 4.68. The van der Waals surface area contributed by atoms with Crippen LogP contribution in [0, 0.1) is 23.2 Å². The minimum absolute atomic E-state index is 0.0691. The largest absolute Gasteiger partial charge is 0.469 e. The molecular weight excluding hydrogens is 411 g/mol. The Morgan fingerprint density at radius 1 is 1.14 bits per heavy atom. The van der Waals surface area contributed by atoms with E-state index in [4.69, 9.17) is 27.9 Å². The summed E-state index contributed by atoms with van der Waals surface area (Å²) in [7, 11) is 1.49. The summed E-state index contributed by atoms with van der Waals surface area (Å²) in [5, 5.41) is 4.90. The molecule has 4 bridgehead atoms. The molecule has 1 aliphatic heterocycles. The van der Waals surface area contributed by atoms with Crippen molar-refractivity contribution in [2.45, 2.75) is 57.5 Å². The summed E-state index contributed by atoms with van der Waals surface area (Å²) >= 11 is 12.8. The van der Waals surface area contributed by atoms with Gasteiger partial charge in [-0.05, 0) is 75.8 Å². The summed E-state index contributed by atoms with van der Waals surface area (Å²) in [6.45, 7) is 3.85. The molecule has 0 spiro atoms. The van der Waals surface area contributed by atoms with Gasteiger partial charge in [-0.2, -0.15) is 0 Å². The van der Waals surface area contributed by atoms with Gasteiger partial charge in [-0.15, -0.1) is 0 Å². The van der Waals surface area contributed by atoms with Crippen molar-refractivity contribution in [2.24, 2.45) is 23.2 Å². The maximum Gasteiger partial charge on any atom is 0.311 e. The highest BCUT2D eigenvalue weighted by molar-refractivity contribution is 6.43. The Bertz CT molecular complexity index is 886. The van der Waals surface area contributed by atoms with E-state index in [9.17, 15) is 9.59 Å². The van der Waals surface area contributed by atoms with Crippen molar-refractivity contribution in [3.63, 3.8) is 0 Å². The minimum atomic E-state index is -0.678. The first-order valence-electron chi connectivity index (χ1n) is 10.4. The highest BCUT2D eigenvalue weighted by Gasteiger charge is 2.65. The van der Waals surface area contributed by atoms with Gasteiger partial charge < -0.3 is 4.74 Å². The number of esters is 1. The molecule has 5 aliphatic rings. The molecule has 5 nitrogen and oxygen atoms in total. The summed E-state index contributed by atoms with van der Waals surface area (Å²) in [5.74, 6) is 1.20. The molecule has 0 aromatic heterocycles. The lowest BCUT2D eigenvalue weighted by Crippen LogP contribution is -2.80. The molecule has 4 saturated carbocycles. The molecule has 0 unspecified atom stereocenters. The Balaban J connectivity index is 1.52. The van der Waals surface area contributed by atoms with E-state index in [1.165, 1.54) is 7.11 Å². The average molecular weight is 437 g/mol. The van der Waals surface area contributed by atoms with Gasteiger partial charge in [-0.3, -0.25) is 14.6 Å². The Kier molecular flexibility index (Phi) is 4.22. The van der Waals surface area contributed by atoms with Gasteiger partial charge in [-0.25, -0.2) is 5.01 Å². The number of hydrazine groups is 1. The first kappa shape index (κ1) is 19.5. The molecule has 1 aromatic carbocycles. The molecule has 29 heavy (non-hydrogen) atoms. The predicted molar refractivity (Wildman–Crippen MR) is 112 cm³/mol. The van der Waals surface area contributed by atoms with E-state index in [1.54, 1.807) is 6.07 Å². The number of benzene rings is 1. The van der Waals surface area contributed by atoms with Crippen molar-refractivity contribution in [3.8, 4) is 0 Å². The fourth-order valence-corrected chi connectivity index (χ4v) is 7.27. The molecule has 1 heterocycles. The van der Waals surface area contributed by atoms with Crippen LogP contribution in [0.2, 0.25) is 10.0 Å². The number of hydrogen-bond acceptors (Lipinski definition) is 4. The topological polar surface area (TPSA) is 49.9 Å². The zero-order valence-corrected chi connectivity index (χ0v) is 18.5. The van der Waals surface area contributed by atoms with Crippen LogP contribution in [0.25, 0.3) is 0 Å². The third-order valence-corrected chi connectivity index (χ3v) is 8.57. The summed E-state index contributed by atoms with van der Waals surface area (Å²) in [5.41, 5.74) is -0.271. The lowest BCUT2D eigenvalue weighted by Gasteiger charge is -2.67. The van der Waals surface area contributed by atoms with Crippen LogP contribution in [0.5, 0.6) is 0 Å². The molecule has 6 rings (SSSR count). The fraction of sp³-hybridized carbons (Fsp3) is 0.636. The quantitative estimate of drug-likeness (QED) is 0.644. The summed E-state index contributed by atoms with van der Waals surface area (Å²) in [6, 6.07) is 5.64. The number of carbonyl (C=O) groups excluding carboxylic acids is 2. The number of amides is 1. The first-order chi connectivity index (χ1) is 13.7. The van der Waals surface area contributed by atoms with Crippen LogP contribution >= 0.6 is 23.2 Å². The van der Waals surface area contributed by atoms with Crippen LogP contribution in [-0.2, 0) is 14.3 Å². The lowest BCUT2D eigenvalue weighted by atomic mass is 9.47. The van der Waals surface area contributed by atoms with Crippen molar-refractivity contribution in [2.75, 3.05) is 12.1 Å². The summed E-state index contributed by atoms with van der Waals surface area (Å²) < 4.78 is 5.18. The fourth-order valence-electron chi connectivity index (χ4n) is 6.89. The Hall–Kier alpha value is -1.46. The van der Waals surface area contributed by atoms with Gasteiger partial charge in [0.2, 0.25) is 0 Å². The highest BCUT2D eigenvalue weighted by Crippen LogP contribution is 2.63. The molecule has 4 aliphatic carbocycles. The van der Waals surface area contributed by atoms with E-state index >= 15 is 0 Å². The molecule has 0 N–H and O–H groups in total. The van der Waals surface area contributed by atoms with Crippen molar-refractivity contribution < 1.29 is 14.3 Å². The standard InChI is InChI=1S/C22H26Cl2N2O3/c1-21(2)19(27)25(26(21)16-6-4-5-15(23)17(16)24)18-13-7-12-8-14(18)11-22(9-12,10-13)20(28)29-3/h4-6,12-14,18H,7-11H2,1-3H3/t12?,13-,14-,18?,22?/m1/s1. The number of halogens is 2. The molecule has 0 radical (unpaired) electrons. The third-order valence-electron chi connectivity index (χ3n) is 7.76. The number of rotatable bonds is 3. The van der Waals surface area contributed by atoms with Crippen LogP contribution < -0.4 is 5.01 Å². The normalized spacial score (nSPS) is 36.9. The van der Waals surface area contributed by atoms with Crippen molar-refractivity contribution >= 4 is 40.8 Å². The van der Waals surface area contributed by atoms with E-state index in [2.05, 4.69) is 0 Å².